The van der Waals surface area contributed by atoms with Crippen molar-refractivity contribution in [1.29, 1.82) is 0 Å². The van der Waals surface area contributed by atoms with E-state index in [-0.39, 0.29) is 16.0 Å². The van der Waals surface area contributed by atoms with Gasteiger partial charge in [0.1, 0.15) is 10.6 Å². The van der Waals surface area contributed by atoms with Crippen LogP contribution in [0.3, 0.4) is 0 Å². The summed E-state index contributed by atoms with van der Waals surface area (Å²) in [5.41, 5.74) is -0.0498. The molecule has 158 valence electrons. The monoisotopic (exact) mass is 473 g/mol. The zero-order valence-electron chi connectivity index (χ0n) is 15.9. The summed E-state index contributed by atoms with van der Waals surface area (Å²) in [5, 5.41) is 11.8. The molecule has 0 heterocycles. The Bertz CT molecular complexity index is 1450. The van der Waals surface area contributed by atoms with Crippen LogP contribution in [0, 0.1) is 0 Å². The van der Waals surface area contributed by atoms with Gasteiger partial charge in [-0.2, -0.15) is 8.42 Å². The first-order valence-electron chi connectivity index (χ1n) is 8.87. The standard InChI is InChI=1S/C16H11NO5S2.C6H5Cl/c18-16-13-9-5-4-8-12(13)14(17-23(19)20)10-15(16)24(21,22)11-6-2-1-3-7-11;7-6-4-2-1-3-5-6/h1-10,18H;1-5H. The molecule has 0 spiro atoms. The number of fused-ring (bicyclic) bond motifs is 1. The number of sulfone groups is 1. The van der Waals surface area contributed by atoms with Gasteiger partial charge in [0, 0.05) is 15.8 Å². The van der Waals surface area contributed by atoms with Gasteiger partial charge in [-0.1, -0.05) is 72.3 Å². The Morgan fingerprint density at radius 2 is 1.29 bits per heavy atom. The van der Waals surface area contributed by atoms with E-state index in [1.165, 1.54) is 18.2 Å². The minimum Gasteiger partial charge on any atom is -0.506 e. The van der Waals surface area contributed by atoms with Gasteiger partial charge >= 0.3 is 10.5 Å². The van der Waals surface area contributed by atoms with Crippen LogP contribution >= 0.6 is 11.6 Å². The second-order valence-corrected chi connectivity index (χ2v) is 9.18. The van der Waals surface area contributed by atoms with Crippen molar-refractivity contribution in [3.05, 3.63) is 96.0 Å². The minimum atomic E-state index is -4.03. The molecule has 4 aromatic rings. The molecule has 0 bridgehead atoms. The molecule has 4 aromatic carbocycles. The Kier molecular flexibility index (Phi) is 7.06. The third-order valence-electron chi connectivity index (χ3n) is 4.21. The predicted octanol–water partition coefficient (Wildman–Crippen LogP) is 5.41. The molecule has 0 aliphatic carbocycles. The number of nitrogens with zero attached hydrogens (tertiary/aromatic N) is 1. The third kappa shape index (κ3) is 5.29. The first-order valence-corrected chi connectivity index (χ1v) is 11.8. The lowest BCUT2D eigenvalue weighted by atomic mass is 10.1. The highest BCUT2D eigenvalue weighted by Crippen LogP contribution is 2.40. The van der Waals surface area contributed by atoms with Gasteiger partial charge in [-0.05, 0) is 30.3 Å². The van der Waals surface area contributed by atoms with Crippen molar-refractivity contribution in [3.63, 3.8) is 0 Å². The van der Waals surface area contributed by atoms with E-state index in [0.29, 0.717) is 5.39 Å². The molecule has 0 fully saturated rings. The van der Waals surface area contributed by atoms with Crippen molar-refractivity contribution in [2.24, 2.45) is 4.36 Å². The fourth-order valence-electron chi connectivity index (χ4n) is 2.82. The highest BCUT2D eigenvalue weighted by Gasteiger charge is 2.24. The number of hydrogen-bond donors (Lipinski definition) is 1. The molecule has 0 unspecified atom stereocenters. The molecule has 0 atom stereocenters. The van der Waals surface area contributed by atoms with Crippen molar-refractivity contribution in [1.82, 2.24) is 0 Å². The first kappa shape index (κ1) is 22.5. The number of phenolic OH excluding ortho intramolecular Hbond substituents is 1. The van der Waals surface area contributed by atoms with E-state index in [1.807, 2.05) is 30.3 Å². The predicted molar refractivity (Wildman–Crippen MR) is 120 cm³/mol. The van der Waals surface area contributed by atoms with Crippen molar-refractivity contribution < 1.29 is 21.9 Å². The molecule has 0 radical (unpaired) electrons. The Morgan fingerprint density at radius 3 is 1.81 bits per heavy atom. The molecule has 0 saturated heterocycles. The van der Waals surface area contributed by atoms with Crippen LogP contribution in [-0.4, -0.2) is 21.9 Å². The lowest BCUT2D eigenvalue weighted by molar-refractivity contribution is 0.465. The van der Waals surface area contributed by atoms with E-state index >= 15 is 0 Å². The van der Waals surface area contributed by atoms with E-state index in [4.69, 9.17) is 11.6 Å². The van der Waals surface area contributed by atoms with Crippen LogP contribution in [0.1, 0.15) is 0 Å². The number of phenols is 1. The number of hydrogen-bond acceptors (Lipinski definition) is 6. The Balaban J connectivity index is 0.000000330. The van der Waals surface area contributed by atoms with Crippen LogP contribution in [0.2, 0.25) is 5.02 Å². The summed E-state index contributed by atoms with van der Waals surface area (Å²) in [7, 11) is -6.79. The van der Waals surface area contributed by atoms with E-state index < -0.39 is 31.0 Å². The fraction of sp³-hybridized carbons (Fsp3) is 0. The van der Waals surface area contributed by atoms with Crippen molar-refractivity contribution >= 4 is 48.4 Å². The van der Waals surface area contributed by atoms with Gasteiger partial charge < -0.3 is 5.11 Å². The maximum atomic E-state index is 12.8. The molecule has 31 heavy (non-hydrogen) atoms. The van der Waals surface area contributed by atoms with Gasteiger partial charge in [0.2, 0.25) is 9.84 Å². The Hall–Kier alpha value is -3.20. The molecule has 0 aliphatic rings. The van der Waals surface area contributed by atoms with E-state index in [0.717, 1.165) is 11.1 Å². The molecule has 4 rings (SSSR count). The number of halogens is 1. The minimum absolute atomic E-state index is 0.00947. The Labute approximate surface area is 186 Å². The van der Waals surface area contributed by atoms with Crippen LogP contribution in [0.25, 0.3) is 10.8 Å². The van der Waals surface area contributed by atoms with Gasteiger partial charge in [-0.3, -0.25) is 0 Å². The van der Waals surface area contributed by atoms with E-state index in [1.54, 1.807) is 36.4 Å². The van der Waals surface area contributed by atoms with Crippen LogP contribution in [0.15, 0.2) is 105 Å². The topological polar surface area (TPSA) is 101 Å². The fourth-order valence-corrected chi connectivity index (χ4v) is 4.68. The highest BCUT2D eigenvalue weighted by molar-refractivity contribution is 7.91. The zero-order chi connectivity index (χ0) is 22.4. The summed E-state index contributed by atoms with van der Waals surface area (Å²) < 4.78 is 50.9. The average Bonchev–Trinajstić information content (AvgIpc) is 2.77. The smallest absolute Gasteiger partial charge is 0.316 e. The number of benzene rings is 4. The van der Waals surface area contributed by atoms with Gasteiger partial charge in [-0.15, -0.1) is 4.36 Å². The Morgan fingerprint density at radius 1 is 0.774 bits per heavy atom. The average molecular weight is 474 g/mol. The van der Waals surface area contributed by atoms with E-state index in [2.05, 4.69) is 4.36 Å². The van der Waals surface area contributed by atoms with Gasteiger partial charge in [0.05, 0.1) is 10.6 Å². The zero-order valence-corrected chi connectivity index (χ0v) is 18.3. The third-order valence-corrected chi connectivity index (χ3v) is 6.59. The van der Waals surface area contributed by atoms with Crippen LogP contribution in [-0.2, 0) is 20.3 Å². The molecular formula is C22H16ClNO5S2. The molecule has 0 amide bonds. The highest BCUT2D eigenvalue weighted by atomic mass is 35.5. The molecule has 0 aliphatic heterocycles. The quantitative estimate of drug-likeness (QED) is 0.428. The normalized spacial score (nSPS) is 10.7. The SMILES string of the molecule is Clc1ccccc1.O=S(=O)=Nc1cc(S(=O)(=O)c2ccccc2)c(O)c2ccccc12. The molecular weight excluding hydrogens is 458 g/mol. The van der Waals surface area contributed by atoms with Crippen molar-refractivity contribution in [3.8, 4) is 5.75 Å². The maximum Gasteiger partial charge on any atom is 0.316 e. The second-order valence-electron chi connectivity index (χ2n) is 6.21. The molecule has 1 N–H and O–H groups in total. The number of aromatic hydroxyl groups is 1. The van der Waals surface area contributed by atoms with Crippen LogP contribution < -0.4 is 0 Å². The van der Waals surface area contributed by atoms with Crippen LogP contribution in [0.5, 0.6) is 5.75 Å². The summed E-state index contributed by atoms with van der Waals surface area (Å²) in [6.45, 7) is 0. The summed E-state index contributed by atoms with van der Waals surface area (Å²) in [6, 6.07) is 24.4. The van der Waals surface area contributed by atoms with Crippen molar-refractivity contribution in [2.45, 2.75) is 9.79 Å². The largest absolute Gasteiger partial charge is 0.506 e. The summed E-state index contributed by atoms with van der Waals surface area (Å²) in [5.74, 6) is -0.440. The summed E-state index contributed by atoms with van der Waals surface area (Å²) in [4.78, 5) is -0.402. The lowest BCUT2D eigenvalue weighted by Crippen LogP contribution is -2.02. The van der Waals surface area contributed by atoms with E-state index in [9.17, 15) is 21.9 Å². The first-order chi connectivity index (χ1) is 14.8. The second kappa shape index (κ2) is 9.74. The van der Waals surface area contributed by atoms with Gasteiger partial charge in [0.15, 0.2) is 0 Å². The molecule has 9 heteroatoms. The van der Waals surface area contributed by atoms with Crippen LogP contribution in [0.4, 0.5) is 5.69 Å². The van der Waals surface area contributed by atoms with Gasteiger partial charge in [-0.25, -0.2) is 8.42 Å². The molecule has 0 aromatic heterocycles. The van der Waals surface area contributed by atoms with Gasteiger partial charge in [0.25, 0.3) is 0 Å². The maximum absolute atomic E-state index is 12.8. The molecule has 6 nitrogen and oxygen atoms in total. The summed E-state index contributed by atoms with van der Waals surface area (Å²) >= 11 is 5.54. The summed E-state index contributed by atoms with van der Waals surface area (Å²) in [6.07, 6.45) is 0. The van der Waals surface area contributed by atoms with Crippen molar-refractivity contribution in [2.75, 3.05) is 0 Å². The molecule has 0 saturated carbocycles. The lowest BCUT2D eigenvalue weighted by Gasteiger charge is -2.11. The number of rotatable bonds is 3.